The zero-order chi connectivity index (χ0) is 23.5. The number of hydrogen-bond acceptors (Lipinski definition) is 7. The number of benzene rings is 1. The number of fused-ring (bicyclic) bond motifs is 1. The van der Waals surface area contributed by atoms with Crippen molar-refractivity contribution < 1.29 is 9.90 Å². The molecule has 9 heteroatoms. The van der Waals surface area contributed by atoms with Crippen molar-refractivity contribution >= 4 is 40.8 Å². The maximum atomic E-state index is 11.5. The van der Waals surface area contributed by atoms with Crippen molar-refractivity contribution in [2.75, 3.05) is 23.7 Å². The van der Waals surface area contributed by atoms with Gasteiger partial charge >= 0.3 is 5.97 Å². The van der Waals surface area contributed by atoms with Gasteiger partial charge in [0.15, 0.2) is 5.82 Å². The van der Waals surface area contributed by atoms with Crippen LogP contribution in [0.1, 0.15) is 47.2 Å². The SMILES string of the molecule is O=C(O)c1cccnc1Nc1nc(Nc2ccc3c(c2)CC[C@@H](N2CCCC2)CC3)ncc1Cl. The van der Waals surface area contributed by atoms with Gasteiger partial charge in [0, 0.05) is 17.9 Å². The Bertz CT molecular complexity index is 1200. The van der Waals surface area contributed by atoms with Crippen LogP contribution < -0.4 is 10.6 Å². The van der Waals surface area contributed by atoms with Crippen molar-refractivity contribution in [3.05, 3.63) is 64.4 Å². The first-order valence-corrected chi connectivity index (χ1v) is 12.1. The monoisotopic (exact) mass is 478 g/mol. The fourth-order valence-corrected chi connectivity index (χ4v) is 5.01. The summed E-state index contributed by atoms with van der Waals surface area (Å²) in [4.78, 5) is 27.0. The van der Waals surface area contributed by atoms with E-state index in [4.69, 9.17) is 11.6 Å². The third kappa shape index (κ3) is 4.98. The van der Waals surface area contributed by atoms with Crippen LogP contribution in [0.2, 0.25) is 5.02 Å². The third-order valence-corrected chi connectivity index (χ3v) is 6.91. The molecule has 1 saturated heterocycles. The Morgan fingerprint density at radius 2 is 1.82 bits per heavy atom. The number of aromatic nitrogens is 3. The molecular weight excluding hydrogens is 452 g/mol. The molecule has 176 valence electrons. The summed E-state index contributed by atoms with van der Waals surface area (Å²) in [5.74, 6) is -0.276. The molecule has 0 spiro atoms. The van der Waals surface area contributed by atoms with Crippen LogP contribution in [0.25, 0.3) is 0 Å². The van der Waals surface area contributed by atoms with Crippen LogP contribution in [0.5, 0.6) is 0 Å². The number of nitrogens with zero attached hydrogens (tertiary/aromatic N) is 4. The summed E-state index contributed by atoms with van der Waals surface area (Å²) in [6, 6.07) is 10.2. The first-order valence-electron chi connectivity index (χ1n) is 11.7. The fraction of sp³-hybridized carbons (Fsp3) is 0.360. The Hall–Kier alpha value is -3.23. The summed E-state index contributed by atoms with van der Waals surface area (Å²) in [6.07, 6.45) is 10.2. The molecule has 1 aromatic carbocycles. The Labute approximate surface area is 203 Å². The molecular formula is C25H27ClN6O2. The Kier molecular flexibility index (Phi) is 6.60. The third-order valence-electron chi connectivity index (χ3n) is 6.63. The van der Waals surface area contributed by atoms with Crippen LogP contribution in [0.15, 0.2) is 42.7 Å². The molecule has 0 saturated carbocycles. The second-order valence-corrected chi connectivity index (χ2v) is 9.21. The van der Waals surface area contributed by atoms with Crippen LogP contribution >= 0.6 is 11.6 Å². The molecule has 1 aliphatic heterocycles. The minimum Gasteiger partial charge on any atom is -0.478 e. The number of nitrogens with one attached hydrogen (secondary N) is 2. The summed E-state index contributed by atoms with van der Waals surface area (Å²) < 4.78 is 0. The van der Waals surface area contributed by atoms with Crippen molar-refractivity contribution in [1.29, 1.82) is 0 Å². The second kappa shape index (κ2) is 9.95. The molecule has 0 bridgehead atoms. The number of rotatable bonds is 6. The highest BCUT2D eigenvalue weighted by Crippen LogP contribution is 2.30. The number of anilines is 4. The van der Waals surface area contributed by atoms with E-state index in [1.807, 2.05) is 0 Å². The molecule has 0 radical (unpaired) electrons. The van der Waals surface area contributed by atoms with E-state index in [-0.39, 0.29) is 22.2 Å². The van der Waals surface area contributed by atoms with E-state index in [1.54, 1.807) is 6.07 Å². The van der Waals surface area contributed by atoms with Gasteiger partial charge < -0.3 is 20.6 Å². The van der Waals surface area contributed by atoms with E-state index < -0.39 is 5.97 Å². The zero-order valence-corrected chi connectivity index (χ0v) is 19.6. The van der Waals surface area contributed by atoms with E-state index in [2.05, 4.69) is 48.7 Å². The van der Waals surface area contributed by atoms with Crippen LogP contribution in [0.4, 0.5) is 23.3 Å². The number of carboxylic acid groups (broad SMARTS) is 1. The molecule has 3 aromatic rings. The Morgan fingerprint density at radius 3 is 2.62 bits per heavy atom. The normalized spacial score (nSPS) is 18.2. The van der Waals surface area contributed by atoms with Gasteiger partial charge in [-0.1, -0.05) is 17.7 Å². The first kappa shape index (κ1) is 22.6. The largest absolute Gasteiger partial charge is 0.478 e. The maximum Gasteiger partial charge on any atom is 0.339 e. The number of aromatic carboxylic acids is 1. The number of pyridine rings is 1. The van der Waals surface area contributed by atoms with Gasteiger partial charge in [0.1, 0.15) is 16.4 Å². The van der Waals surface area contributed by atoms with Crippen molar-refractivity contribution in [3.63, 3.8) is 0 Å². The highest BCUT2D eigenvalue weighted by Gasteiger charge is 2.24. The van der Waals surface area contributed by atoms with Gasteiger partial charge in [-0.05, 0) is 87.0 Å². The summed E-state index contributed by atoms with van der Waals surface area (Å²) in [5.41, 5.74) is 3.74. The van der Waals surface area contributed by atoms with E-state index >= 15 is 0 Å². The van der Waals surface area contributed by atoms with E-state index in [0.717, 1.165) is 18.5 Å². The molecule has 0 amide bonds. The molecule has 34 heavy (non-hydrogen) atoms. The fourth-order valence-electron chi connectivity index (χ4n) is 4.87. The Balaban J connectivity index is 1.31. The van der Waals surface area contributed by atoms with Crippen molar-refractivity contribution in [1.82, 2.24) is 19.9 Å². The first-order chi connectivity index (χ1) is 16.6. The van der Waals surface area contributed by atoms with Gasteiger partial charge in [0.2, 0.25) is 5.95 Å². The summed E-state index contributed by atoms with van der Waals surface area (Å²) in [5, 5.41) is 15.8. The van der Waals surface area contributed by atoms with Gasteiger partial charge in [-0.25, -0.2) is 14.8 Å². The van der Waals surface area contributed by atoms with Gasteiger partial charge in [0.05, 0.1) is 6.20 Å². The van der Waals surface area contributed by atoms with Gasteiger partial charge in [-0.3, -0.25) is 0 Å². The smallest absolute Gasteiger partial charge is 0.339 e. The van der Waals surface area contributed by atoms with Gasteiger partial charge in [0.25, 0.3) is 0 Å². The summed E-state index contributed by atoms with van der Waals surface area (Å²) in [7, 11) is 0. The van der Waals surface area contributed by atoms with Crippen LogP contribution in [-0.2, 0) is 12.8 Å². The average molecular weight is 479 g/mol. The molecule has 3 N–H and O–H groups in total. The number of carbonyl (C=O) groups is 1. The molecule has 1 fully saturated rings. The van der Waals surface area contributed by atoms with Crippen LogP contribution in [0.3, 0.4) is 0 Å². The highest BCUT2D eigenvalue weighted by atomic mass is 35.5. The van der Waals surface area contributed by atoms with Crippen LogP contribution in [-0.4, -0.2) is 50.1 Å². The number of aryl methyl sites for hydroxylation is 2. The zero-order valence-electron chi connectivity index (χ0n) is 18.8. The number of likely N-dealkylation sites (tertiary alicyclic amines) is 1. The quantitative estimate of drug-likeness (QED) is 0.423. The lowest BCUT2D eigenvalue weighted by molar-refractivity contribution is 0.0697. The van der Waals surface area contributed by atoms with E-state index in [1.165, 1.54) is 68.4 Å². The molecule has 5 rings (SSSR count). The molecule has 8 nitrogen and oxygen atoms in total. The standard InChI is InChI=1S/C25H27ClN6O2/c26-21-15-28-25(31-23(21)30-22-20(24(33)34)4-3-11-27-22)29-18-8-5-16-6-9-19(10-7-17(16)14-18)32-12-1-2-13-32/h3-5,8,11,14-15,19H,1-2,6-7,9-10,12-13H2,(H,33,34)(H2,27,28,29,30,31)/t19-/m0/s1. The lowest BCUT2D eigenvalue weighted by Gasteiger charge is -2.25. The Morgan fingerprint density at radius 1 is 1.03 bits per heavy atom. The van der Waals surface area contributed by atoms with E-state index in [0.29, 0.717) is 12.0 Å². The lowest BCUT2D eigenvalue weighted by Crippen LogP contribution is -2.32. The predicted octanol–water partition coefficient (Wildman–Crippen LogP) is 5.05. The van der Waals surface area contributed by atoms with Gasteiger partial charge in [-0.15, -0.1) is 0 Å². The number of halogens is 1. The topological polar surface area (TPSA) is 103 Å². The summed E-state index contributed by atoms with van der Waals surface area (Å²) in [6.45, 7) is 2.48. The van der Waals surface area contributed by atoms with Crippen molar-refractivity contribution in [2.24, 2.45) is 0 Å². The number of carboxylic acids is 1. The van der Waals surface area contributed by atoms with Crippen molar-refractivity contribution in [2.45, 2.75) is 44.6 Å². The second-order valence-electron chi connectivity index (χ2n) is 8.80. The lowest BCUT2D eigenvalue weighted by atomic mass is 10.0. The molecule has 3 heterocycles. The maximum absolute atomic E-state index is 11.5. The minimum absolute atomic E-state index is 0.0321. The van der Waals surface area contributed by atoms with Gasteiger partial charge in [-0.2, -0.15) is 4.98 Å². The van der Waals surface area contributed by atoms with Crippen molar-refractivity contribution in [3.8, 4) is 0 Å². The highest BCUT2D eigenvalue weighted by molar-refractivity contribution is 6.33. The summed E-state index contributed by atoms with van der Waals surface area (Å²) >= 11 is 6.27. The van der Waals surface area contributed by atoms with E-state index in [9.17, 15) is 9.90 Å². The molecule has 0 unspecified atom stereocenters. The molecule has 2 aromatic heterocycles. The molecule has 2 aliphatic rings. The van der Waals surface area contributed by atoms with Crippen LogP contribution in [0, 0.1) is 0 Å². The minimum atomic E-state index is -1.09. The molecule has 1 atom stereocenters. The number of hydrogen-bond donors (Lipinski definition) is 3. The average Bonchev–Trinajstić information content (AvgIpc) is 3.29. The molecule has 1 aliphatic carbocycles. The predicted molar refractivity (Wildman–Crippen MR) is 132 cm³/mol.